The van der Waals surface area contributed by atoms with Crippen LogP contribution in [0.25, 0.3) is 0 Å². The van der Waals surface area contributed by atoms with Gasteiger partial charge in [0.25, 0.3) is 0 Å². The van der Waals surface area contributed by atoms with Gasteiger partial charge in [-0.2, -0.15) is 0 Å². The van der Waals surface area contributed by atoms with Crippen molar-refractivity contribution in [2.75, 3.05) is 7.11 Å². The van der Waals surface area contributed by atoms with Crippen LogP contribution in [-0.2, 0) is 4.79 Å². The second-order valence-corrected chi connectivity index (χ2v) is 4.99. The lowest BCUT2D eigenvalue weighted by Gasteiger charge is -2.27. The third-order valence-electron chi connectivity index (χ3n) is 3.84. The van der Waals surface area contributed by atoms with Crippen LogP contribution in [0.2, 0.25) is 0 Å². The van der Waals surface area contributed by atoms with E-state index in [2.05, 4.69) is 0 Å². The van der Waals surface area contributed by atoms with Crippen LogP contribution >= 0.6 is 0 Å². The Morgan fingerprint density at radius 2 is 2.06 bits per heavy atom. The molecule has 18 heavy (non-hydrogen) atoms. The van der Waals surface area contributed by atoms with Gasteiger partial charge in [0.1, 0.15) is 5.75 Å². The molecular formula is C15H20O3. The summed E-state index contributed by atoms with van der Waals surface area (Å²) in [5.74, 6) is -0.103. The number of hydrogen-bond donors (Lipinski definition) is 1. The molecule has 1 aliphatic rings. The van der Waals surface area contributed by atoms with Crippen LogP contribution in [-0.4, -0.2) is 18.2 Å². The van der Waals surface area contributed by atoms with Gasteiger partial charge < -0.3 is 9.84 Å². The van der Waals surface area contributed by atoms with Gasteiger partial charge in [-0.1, -0.05) is 31.4 Å². The van der Waals surface area contributed by atoms with E-state index in [1.165, 1.54) is 6.42 Å². The fraction of sp³-hybridized carbons (Fsp3) is 0.533. The molecule has 0 bridgehead atoms. The molecule has 98 valence electrons. The van der Waals surface area contributed by atoms with E-state index < -0.39 is 5.97 Å². The summed E-state index contributed by atoms with van der Waals surface area (Å²) in [6.45, 7) is 0. The van der Waals surface area contributed by atoms with Gasteiger partial charge in [-0.3, -0.25) is 4.79 Å². The molecular weight excluding hydrogens is 228 g/mol. The Labute approximate surface area is 108 Å². The molecule has 1 unspecified atom stereocenters. The Kier molecular flexibility index (Phi) is 4.24. The minimum atomic E-state index is -0.713. The molecule has 0 aliphatic heterocycles. The molecule has 0 spiro atoms. The van der Waals surface area contributed by atoms with E-state index in [1.807, 2.05) is 24.3 Å². The summed E-state index contributed by atoms with van der Waals surface area (Å²) in [6.07, 6.45) is 5.58. The molecule has 0 amide bonds. The maximum absolute atomic E-state index is 11.6. The smallest absolute Gasteiger partial charge is 0.311 e. The summed E-state index contributed by atoms with van der Waals surface area (Å²) in [5.41, 5.74) is 0.869. The molecule has 1 fully saturated rings. The standard InChI is InChI=1S/C15H20O3/c1-18-13-9-5-8-12(10-13)14(15(16)17)11-6-3-2-4-7-11/h5,8-11,14H,2-4,6-7H2,1H3,(H,16,17). The molecule has 1 N–H and O–H groups in total. The van der Waals surface area contributed by atoms with E-state index in [0.29, 0.717) is 0 Å². The molecule has 1 atom stereocenters. The van der Waals surface area contributed by atoms with E-state index in [9.17, 15) is 9.90 Å². The number of aliphatic carboxylic acids is 1. The monoisotopic (exact) mass is 248 g/mol. The zero-order valence-corrected chi connectivity index (χ0v) is 10.8. The Morgan fingerprint density at radius 3 is 2.67 bits per heavy atom. The van der Waals surface area contributed by atoms with E-state index in [4.69, 9.17) is 4.74 Å². The van der Waals surface area contributed by atoms with Crippen LogP contribution < -0.4 is 4.74 Å². The lowest BCUT2D eigenvalue weighted by Crippen LogP contribution is -2.23. The summed E-state index contributed by atoms with van der Waals surface area (Å²) in [7, 11) is 1.61. The van der Waals surface area contributed by atoms with E-state index in [0.717, 1.165) is 37.0 Å². The van der Waals surface area contributed by atoms with Crippen LogP contribution in [0.3, 0.4) is 0 Å². The summed E-state index contributed by atoms with van der Waals surface area (Å²) in [4.78, 5) is 11.6. The van der Waals surface area contributed by atoms with Crippen molar-refractivity contribution in [3.05, 3.63) is 29.8 Å². The van der Waals surface area contributed by atoms with Gasteiger partial charge in [0.2, 0.25) is 0 Å². The highest BCUT2D eigenvalue weighted by Gasteiger charge is 2.30. The minimum absolute atomic E-state index is 0.267. The SMILES string of the molecule is COc1cccc(C(C(=O)O)C2CCCCC2)c1. The topological polar surface area (TPSA) is 46.5 Å². The highest BCUT2D eigenvalue weighted by atomic mass is 16.5. The van der Waals surface area contributed by atoms with Crippen molar-refractivity contribution >= 4 is 5.97 Å². The number of ether oxygens (including phenoxy) is 1. The molecule has 1 aliphatic carbocycles. The minimum Gasteiger partial charge on any atom is -0.497 e. The van der Waals surface area contributed by atoms with Crippen molar-refractivity contribution in [3.63, 3.8) is 0 Å². The van der Waals surface area contributed by atoms with Gasteiger partial charge in [0.15, 0.2) is 0 Å². The summed E-state index contributed by atoms with van der Waals surface area (Å²) < 4.78 is 5.18. The number of carbonyl (C=O) groups is 1. The largest absolute Gasteiger partial charge is 0.497 e. The first-order chi connectivity index (χ1) is 8.72. The second-order valence-electron chi connectivity index (χ2n) is 4.99. The van der Waals surface area contributed by atoms with Gasteiger partial charge in [-0.05, 0) is 36.5 Å². The van der Waals surface area contributed by atoms with Crippen molar-refractivity contribution in [1.82, 2.24) is 0 Å². The second kappa shape index (κ2) is 5.89. The first-order valence-corrected chi connectivity index (χ1v) is 6.59. The van der Waals surface area contributed by atoms with Crippen LogP contribution in [0.5, 0.6) is 5.75 Å². The van der Waals surface area contributed by atoms with E-state index in [-0.39, 0.29) is 11.8 Å². The number of benzene rings is 1. The summed E-state index contributed by atoms with van der Waals surface area (Å²) in [5, 5.41) is 9.50. The molecule has 0 saturated heterocycles. The van der Waals surface area contributed by atoms with Crippen LogP contribution in [0, 0.1) is 5.92 Å². The lowest BCUT2D eigenvalue weighted by molar-refractivity contribution is -0.140. The zero-order valence-electron chi connectivity index (χ0n) is 10.8. The predicted octanol–water partition coefficient (Wildman–Crippen LogP) is 3.44. The third kappa shape index (κ3) is 2.84. The molecule has 0 aromatic heterocycles. The molecule has 3 nitrogen and oxygen atoms in total. The normalized spacial score (nSPS) is 18.3. The quantitative estimate of drug-likeness (QED) is 0.887. The maximum Gasteiger partial charge on any atom is 0.311 e. The highest BCUT2D eigenvalue weighted by Crippen LogP contribution is 2.37. The van der Waals surface area contributed by atoms with Crippen molar-refractivity contribution in [3.8, 4) is 5.75 Å². The lowest BCUT2D eigenvalue weighted by atomic mass is 9.77. The fourth-order valence-electron chi connectivity index (χ4n) is 2.92. The van der Waals surface area contributed by atoms with Crippen molar-refractivity contribution in [1.29, 1.82) is 0 Å². The molecule has 3 heteroatoms. The van der Waals surface area contributed by atoms with Gasteiger partial charge in [-0.25, -0.2) is 0 Å². The molecule has 1 aromatic carbocycles. The van der Waals surface area contributed by atoms with Crippen molar-refractivity contribution in [2.45, 2.75) is 38.0 Å². The zero-order chi connectivity index (χ0) is 13.0. The average molecular weight is 248 g/mol. The number of carboxylic acids is 1. The number of methoxy groups -OCH3 is 1. The summed E-state index contributed by atoms with van der Waals surface area (Å²) in [6, 6.07) is 7.47. The molecule has 1 aromatic rings. The maximum atomic E-state index is 11.6. The Morgan fingerprint density at radius 1 is 1.33 bits per heavy atom. The molecule has 0 radical (unpaired) electrons. The van der Waals surface area contributed by atoms with E-state index in [1.54, 1.807) is 7.11 Å². The van der Waals surface area contributed by atoms with Gasteiger partial charge in [0, 0.05) is 0 Å². The highest BCUT2D eigenvalue weighted by molar-refractivity contribution is 5.76. The van der Waals surface area contributed by atoms with E-state index >= 15 is 0 Å². The first kappa shape index (κ1) is 12.9. The first-order valence-electron chi connectivity index (χ1n) is 6.59. The number of hydrogen-bond acceptors (Lipinski definition) is 2. The van der Waals surface area contributed by atoms with Crippen LogP contribution in [0.1, 0.15) is 43.6 Å². The average Bonchev–Trinajstić information content (AvgIpc) is 2.40. The number of carboxylic acid groups (broad SMARTS) is 1. The van der Waals surface area contributed by atoms with Gasteiger partial charge in [-0.15, -0.1) is 0 Å². The molecule has 1 saturated carbocycles. The van der Waals surface area contributed by atoms with Crippen LogP contribution in [0.4, 0.5) is 0 Å². The van der Waals surface area contributed by atoms with Crippen LogP contribution in [0.15, 0.2) is 24.3 Å². The Balaban J connectivity index is 2.25. The number of rotatable bonds is 4. The summed E-state index contributed by atoms with van der Waals surface area (Å²) >= 11 is 0. The molecule has 2 rings (SSSR count). The fourth-order valence-corrected chi connectivity index (χ4v) is 2.92. The van der Waals surface area contributed by atoms with Crippen molar-refractivity contribution < 1.29 is 14.6 Å². The molecule has 0 heterocycles. The third-order valence-corrected chi connectivity index (χ3v) is 3.84. The van der Waals surface area contributed by atoms with Gasteiger partial charge in [0.05, 0.1) is 13.0 Å². The Bertz CT molecular complexity index is 408. The van der Waals surface area contributed by atoms with Crippen molar-refractivity contribution in [2.24, 2.45) is 5.92 Å². The van der Waals surface area contributed by atoms with Gasteiger partial charge >= 0.3 is 5.97 Å². The Hall–Kier alpha value is -1.51. The predicted molar refractivity (Wildman–Crippen MR) is 69.9 cm³/mol.